The van der Waals surface area contributed by atoms with E-state index < -0.39 is 0 Å². The monoisotopic (exact) mass is 451 g/mol. The SMILES string of the molecule is CCNC(=NCCc1ccco1)NC1CCCC(SCC)C1.I. The Labute approximate surface area is 161 Å². The molecule has 6 heteroatoms. The summed E-state index contributed by atoms with van der Waals surface area (Å²) in [5, 5.41) is 7.79. The molecule has 0 bridgehead atoms. The number of furan rings is 1. The van der Waals surface area contributed by atoms with Gasteiger partial charge in [0.05, 0.1) is 6.26 Å². The first-order chi connectivity index (χ1) is 10.8. The van der Waals surface area contributed by atoms with Gasteiger partial charge in [0.25, 0.3) is 0 Å². The van der Waals surface area contributed by atoms with Crippen LogP contribution in [0.3, 0.4) is 0 Å². The number of guanidine groups is 1. The van der Waals surface area contributed by atoms with Crippen molar-refractivity contribution in [1.29, 1.82) is 0 Å². The van der Waals surface area contributed by atoms with Crippen LogP contribution in [0, 0.1) is 0 Å². The zero-order valence-electron chi connectivity index (χ0n) is 14.2. The molecule has 4 nitrogen and oxygen atoms in total. The highest BCUT2D eigenvalue weighted by Crippen LogP contribution is 2.28. The second-order valence-electron chi connectivity index (χ2n) is 5.68. The molecule has 0 aromatic carbocycles. The fourth-order valence-corrected chi connectivity index (χ4v) is 4.08. The fraction of sp³-hybridized carbons (Fsp3) is 0.706. The van der Waals surface area contributed by atoms with Crippen LogP contribution in [0.2, 0.25) is 0 Å². The van der Waals surface area contributed by atoms with Crippen LogP contribution in [0.4, 0.5) is 0 Å². The van der Waals surface area contributed by atoms with Crippen LogP contribution in [0.1, 0.15) is 45.3 Å². The summed E-state index contributed by atoms with van der Waals surface area (Å²) >= 11 is 2.10. The summed E-state index contributed by atoms with van der Waals surface area (Å²) in [5.74, 6) is 3.16. The zero-order valence-corrected chi connectivity index (χ0v) is 17.4. The van der Waals surface area contributed by atoms with Gasteiger partial charge in [0.15, 0.2) is 5.96 Å². The van der Waals surface area contributed by atoms with Crippen molar-refractivity contribution in [2.24, 2.45) is 4.99 Å². The highest BCUT2D eigenvalue weighted by atomic mass is 127. The molecule has 0 radical (unpaired) electrons. The number of hydrogen-bond acceptors (Lipinski definition) is 3. The van der Waals surface area contributed by atoms with Crippen LogP contribution in [0.15, 0.2) is 27.8 Å². The Bertz CT molecular complexity index is 437. The number of aliphatic imine (C=N–C) groups is 1. The van der Waals surface area contributed by atoms with E-state index in [2.05, 4.69) is 41.2 Å². The Morgan fingerprint density at radius 1 is 1.39 bits per heavy atom. The predicted molar refractivity (Wildman–Crippen MR) is 111 cm³/mol. The minimum absolute atomic E-state index is 0. The lowest BCUT2D eigenvalue weighted by molar-refractivity contribution is 0.418. The standard InChI is InChI=1S/C17H29N3OS.HI/c1-3-18-17(19-11-10-15-8-6-12-21-15)20-14-7-5-9-16(13-14)22-4-2;/h6,8,12,14,16H,3-5,7,9-11,13H2,1-2H3,(H2,18,19,20);1H. The third-order valence-electron chi connectivity index (χ3n) is 3.92. The van der Waals surface area contributed by atoms with Crippen molar-refractivity contribution in [1.82, 2.24) is 10.6 Å². The molecule has 2 atom stereocenters. The van der Waals surface area contributed by atoms with Gasteiger partial charge in [0.1, 0.15) is 5.76 Å². The van der Waals surface area contributed by atoms with Crippen LogP contribution < -0.4 is 10.6 Å². The van der Waals surface area contributed by atoms with Crippen molar-refractivity contribution in [3.05, 3.63) is 24.2 Å². The van der Waals surface area contributed by atoms with Crippen molar-refractivity contribution in [3.63, 3.8) is 0 Å². The van der Waals surface area contributed by atoms with Gasteiger partial charge in [-0.15, -0.1) is 24.0 Å². The molecule has 2 rings (SSSR count). The average molecular weight is 451 g/mol. The summed E-state index contributed by atoms with van der Waals surface area (Å²) in [7, 11) is 0. The Balaban J connectivity index is 0.00000264. The van der Waals surface area contributed by atoms with E-state index in [0.29, 0.717) is 6.04 Å². The minimum atomic E-state index is 0. The average Bonchev–Trinajstić information content (AvgIpc) is 3.01. The van der Waals surface area contributed by atoms with Crippen LogP contribution >= 0.6 is 35.7 Å². The number of hydrogen-bond donors (Lipinski definition) is 2. The third kappa shape index (κ3) is 7.83. The van der Waals surface area contributed by atoms with E-state index in [0.717, 1.165) is 36.5 Å². The van der Waals surface area contributed by atoms with Crippen LogP contribution in [0.5, 0.6) is 0 Å². The lowest BCUT2D eigenvalue weighted by Crippen LogP contribution is -2.45. The normalized spacial score (nSPS) is 21.6. The van der Waals surface area contributed by atoms with E-state index in [1.165, 1.54) is 31.4 Å². The molecule has 1 aliphatic rings. The second-order valence-corrected chi connectivity index (χ2v) is 7.25. The molecule has 1 fully saturated rings. The Morgan fingerprint density at radius 3 is 2.96 bits per heavy atom. The van der Waals surface area contributed by atoms with Crippen LogP contribution in [0.25, 0.3) is 0 Å². The maximum Gasteiger partial charge on any atom is 0.191 e. The van der Waals surface area contributed by atoms with Crippen molar-refractivity contribution < 1.29 is 4.42 Å². The van der Waals surface area contributed by atoms with Crippen molar-refractivity contribution in [2.75, 3.05) is 18.8 Å². The van der Waals surface area contributed by atoms with Crippen molar-refractivity contribution in [3.8, 4) is 0 Å². The lowest BCUT2D eigenvalue weighted by Gasteiger charge is -2.30. The number of halogens is 1. The summed E-state index contributed by atoms with van der Waals surface area (Å²) in [6.07, 6.45) is 7.76. The number of rotatable bonds is 7. The molecule has 1 aromatic heterocycles. The van der Waals surface area contributed by atoms with Gasteiger partial charge >= 0.3 is 0 Å². The lowest BCUT2D eigenvalue weighted by atomic mass is 9.95. The van der Waals surface area contributed by atoms with Gasteiger partial charge in [-0.2, -0.15) is 11.8 Å². The summed E-state index contributed by atoms with van der Waals surface area (Å²) in [6.45, 7) is 6.01. The maximum absolute atomic E-state index is 5.35. The second kappa shape index (κ2) is 12.1. The highest BCUT2D eigenvalue weighted by molar-refractivity contribution is 14.0. The van der Waals surface area contributed by atoms with Gasteiger partial charge < -0.3 is 15.1 Å². The molecule has 1 heterocycles. The van der Waals surface area contributed by atoms with Crippen molar-refractivity contribution in [2.45, 2.75) is 57.2 Å². The van der Waals surface area contributed by atoms with E-state index in [-0.39, 0.29) is 24.0 Å². The minimum Gasteiger partial charge on any atom is -0.469 e. The first kappa shape index (κ1) is 20.7. The molecule has 2 N–H and O–H groups in total. The third-order valence-corrected chi connectivity index (χ3v) is 5.15. The van der Waals surface area contributed by atoms with Crippen LogP contribution in [-0.4, -0.2) is 36.1 Å². The van der Waals surface area contributed by atoms with E-state index >= 15 is 0 Å². The molecule has 1 aliphatic carbocycles. The molecule has 0 aliphatic heterocycles. The molecule has 0 spiro atoms. The number of nitrogens with zero attached hydrogens (tertiary/aromatic N) is 1. The molecule has 0 saturated heterocycles. The molecule has 2 unspecified atom stereocenters. The van der Waals surface area contributed by atoms with Gasteiger partial charge in [0.2, 0.25) is 0 Å². The molecular formula is C17H30IN3OS. The Morgan fingerprint density at radius 2 is 2.26 bits per heavy atom. The van der Waals surface area contributed by atoms with E-state index in [9.17, 15) is 0 Å². The van der Waals surface area contributed by atoms with Gasteiger partial charge in [-0.25, -0.2) is 0 Å². The molecular weight excluding hydrogens is 421 g/mol. The highest BCUT2D eigenvalue weighted by Gasteiger charge is 2.22. The number of thioether (sulfide) groups is 1. The summed E-state index contributed by atoms with van der Waals surface area (Å²) in [6, 6.07) is 4.49. The molecule has 0 amide bonds. The largest absolute Gasteiger partial charge is 0.469 e. The quantitative estimate of drug-likeness (QED) is 0.373. The summed E-state index contributed by atoms with van der Waals surface area (Å²) in [4.78, 5) is 4.68. The van der Waals surface area contributed by atoms with E-state index in [1.54, 1.807) is 6.26 Å². The number of nitrogens with one attached hydrogen (secondary N) is 2. The summed E-state index contributed by atoms with van der Waals surface area (Å²) < 4.78 is 5.35. The predicted octanol–water partition coefficient (Wildman–Crippen LogP) is 4.06. The maximum atomic E-state index is 5.35. The van der Waals surface area contributed by atoms with Gasteiger partial charge in [-0.1, -0.05) is 13.3 Å². The van der Waals surface area contributed by atoms with E-state index in [4.69, 9.17) is 4.42 Å². The molecule has 132 valence electrons. The Hall–Kier alpha value is -0.370. The topological polar surface area (TPSA) is 49.6 Å². The van der Waals surface area contributed by atoms with Gasteiger partial charge in [-0.05, 0) is 44.1 Å². The summed E-state index contributed by atoms with van der Waals surface area (Å²) in [5.41, 5.74) is 0. The van der Waals surface area contributed by atoms with Gasteiger partial charge in [-0.3, -0.25) is 4.99 Å². The van der Waals surface area contributed by atoms with Crippen molar-refractivity contribution >= 4 is 41.7 Å². The smallest absolute Gasteiger partial charge is 0.191 e. The molecule has 1 aromatic rings. The first-order valence-electron chi connectivity index (χ1n) is 8.50. The fourth-order valence-electron chi connectivity index (χ4n) is 2.91. The molecule has 1 saturated carbocycles. The first-order valence-corrected chi connectivity index (χ1v) is 9.55. The Kier molecular flexibility index (Phi) is 10.8. The molecule has 23 heavy (non-hydrogen) atoms. The van der Waals surface area contributed by atoms with Gasteiger partial charge in [0, 0.05) is 30.8 Å². The van der Waals surface area contributed by atoms with E-state index in [1.807, 2.05) is 12.1 Å². The zero-order chi connectivity index (χ0) is 15.6. The van der Waals surface area contributed by atoms with Crippen LogP contribution in [-0.2, 0) is 6.42 Å².